The minimum absolute atomic E-state index is 0.0242. The van der Waals surface area contributed by atoms with Crippen molar-refractivity contribution in [1.82, 2.24) is 19.6 Å². The Bertz CT molecular complexity index is 947. The number of rotatable bonds is 10. The SMILES string of the molecule is CCN(CCCCN1CCN(C(=O)N2CCOCC2)CC1=O)C(C)Cc1ccc(S(C)(=O)=O)cc1. The lowest BCUT2D eigenvalue weighted by atomic mass is 10.1. The molecule has 3 amide bonds. The van der Waals surface area contributed by atoms with E-state index in [1.54, 1.807) is 21.9 Å². The molecular formula is C25H40N4O5S. The molecule has 196 valence electrons. The highest BCUT2D eigenvalue weighted by atomic mass is 32.2. The van der Waals surface area contributed by atoms with Crippen molar-refractivity contribution in [3.8, 4) is 0 Å². The van der Waals surface area contributed by atoms with E-state index in [-0.39, 0.29) is 18.5 Å². The second-order valence-corrected chi connectivity index (χ2v) is 11.5. The molecule has 1 atom stereocenters. The van der Waals surface area contributed by atoms with Crippen molar-refractivity contribution >= 4 is 21.8 Å². The molecule has 1 unspecified atom stereocenters. The van der Waals surface area contributed by atoms with Crippen LogP contribution in [0.5, 0.6) is 0 Å². The zero-order valence-corrected chi connectivity index (χ0v) is 22.1. The van der Waals surface area contributed by atoms with Crippen LogP contribution >= 0.6 is 0 Å². The number of morpholine rings is 1. The third-order valence-corrected chi connectivity index (χ3v) is 8.03. The topological polar surface area (TPSA) is 90.5 Å². The van der Waals surface area contributed by atoms with Gasteiger partial charge in [0.15, 0.2) is 9.84 Å². The van der Waals surface area contributed by atoms with Crippen molar-refractivity contribution in [1.29, 1.82) is 0 Å². The number of hydrogen-bond donors (Lipinski definition) is 0. The fourth-order valence-electron chi connectivity index (χ4n) is 4.71. The van der Waals surface area contributed by atoms with E-state index in [1.807, 2.05) is 17.0 Å². The predicted octanol–water partition coefficient (Wildman–Crippen LogP) is 1.72. The summed E-state index contributed by atoms with van der Waals surface area (Å²) in [6.07, 6.45) is 4.00. The number of nitrogens with zero attached hydrogens (tertiary/aromatic N) is 4. The number of ether oxygens (including phenoxy) is 1. The van der Waals surface area contributed by atoms with Crippen LogP contribution in [-0.2, 0) is 25.8 Å². The smallest absolute Gasteiger partial charge is 0.320 e. The Hall–Kier alpha value is -2.17. The number of likely N-dealkylation sites (N-methyl/N-ethyl adjacent to an activating group) is 1. The molecule has 3 rings (SSSR count). The molecule has 9 nitrogen and oxygen atoms in total. The average Bonchev–Trinajstić information content (AvgIpc) is 2.84. The van der Waals surface area contributed by atoms with Gasteiger partial charge in [-0.3, -0.25) is 4.79 Å². The molecule has 2 heterocycles. The molecule has 0 aromatic heterocycles. The summed E-state index contributed by atoms with van der Waals surface area (Å²) in [7, 11) is -3.17. The Labute approximate surface area is 209 Å². The molecule has 0 aliphatic carbocycles. The van der Waals surface area contributed by atoms with E-state index in [0.717, 1.165) is 44.5 Å². The normalized spacial score (nSPS) is 18.3. The van der Waals surface area contributed by atoms with Crippen molar-refractivity contribution in [3.05, 3.63) is 29.8 Å². The van der Waals surface area contributed by atoms with Crippen molar-refractivity contribution in [3.63, 3.8) is 0 Å². The molecular weight excluding hydrogens is 468 g/mol. The van der Waals surface area contributed by atoms with E-state index < -0.39 is 9.84 Å². The van der Waals surface area contributed by atoms with Crippen LogP contribution in [0.4, 0.5) is 4.79 Å². The quantitative estimate of drug-likeness (QED) is 0.447. The molecule has 2 saturated heterocycles. The van der Waals surface area contributed by atoms with Gasteiger partial charge in [-0.05, 0) is 57.0 Å². The number of hydrogen-bond acceptors (Lipinski definition) is 6. The summed E-state index contributed by atoms with van der Waals surface area (Å²) in [6.45, 7) is 10.6. The number of carbonyl (C=O) groups is 2. The maximum atomic E-state index is 12.6. The minimum Gasteiger partial charge on any atom is -0.378 e. The molecule has 2 fully saturated rings. The fraction of sp³-hybridized carbons (Fsp3) is 0.680. The summed E-state index contributed by atoms with van der Waals surface area (Å²) in [5.41, 5.74) is 1.12. The van der Waals surface area contributed by atoms with Crippen LogP contribution in [0, 0.1) is 0 Å². The highest BCUT2D eigenvalue weighted by Gasteiger charge is 2.30. The van der Waals surface area contributed by atoms with Crippen LogP contribution in [0.25, 0.3) is 0 Å². The average molecular weight is 509 g/mol. The van der Waals surface area contributed by atoms with Crippen molar-refractivity contribution < 1.29 is 22.7 Å². The highest BCUT2D eigenvalue weighted by molar-refractivity contribution is 7.90. The van der Waals surface area contributed by atoms with E-state index in [1.165, 1.54) is 6.26 Å². The van der Waals surface area contributed by atoms with Crippen LogP contribution in [0.1, 0.15) is 32.3 Å². The van der Waals surface area contributed by atoms with Gasteiger partial charge >= 0.3 is 6.03 Å². The summed E-state index contributed by atoms with van der Waals surface area (Å²) >= 11 is 0. The summed E-state index contributed by atoms with van der Waals surface area (Å²) in [4.78, 5) is 33.3. The molecule has 1 aromatic rings. The summed E-state index contributed by atoms with van der Waals surface area (Å²) in [5.74, 6) is 0.0242. The lowest BCUT2D eigenvalue weighted by Gasteiger charge is -2.38. The van der Waals surface area contributed by atoms with E-state index in [2.05, 4.69) is 18.7 Å². The monoisotopic (exact) mass is 508 g/mol. The van der Waals surface area contributed by atoms with Crippen LogP contribution in [0.2, 0.25) is 0 Å². The number of sulfone groups is 1. The zero-order valence-electron chi connectivity index (χ0n) is 21.3. The summed E-state index contributed by atoms with van der Waals surface area (Å²) in [6, 6.07) is 7.43. The Kier molecular flexibility index (Phi) is 9.94. The van der Waals surface area contributed by atoms with Gasteiger partial charge in [0, 0.05) is 45.0 Å². The molecule has 10 heteroatoms. The second-order valence-electron chi connectivity index (χ2n) is 9.49. The van der Waals surface area contributed by atoms with Gasteiger partial charge < -0.3 is 24.3 Å². The molecule has 1 aromatic carbocycles. The molecule has 0 N–H and O–H groups in total. The highest BCUT2D eigenvalue weighted by Crippen LogP contribution is 2.15. The third-order valence-electron chi connectivity index (χ3n) is 6.91. The number of benzene rings is 1. The Morgan fingerprint density at radius 2 is 1.74 bits per heavy atom. The van der Waals surface area contributed by atoms with Crippen molar-refractivity contribution in [2.45, 2.75) is 44.0 Å². The van der Waals surface area contributed by atoms with Crippen LogP contribution in [-0.4, -0.2) is 118 Å². The maximum Gasteiger partial charge on any atom is 0.320 e. The molecule has 0 radical (unpaired) electrons. The zero-order chi connectivity index (χ0) is 25.4. The van der Waals surface area contributed by atoms with Crippen LogP contribution < -0.4 is 0 Å². The predicted molar refractivity (Wildman–Crippen MR) is 135 cm³/mol. The molecule has 0 saturated carbocycles. The molecule has 0 bridgehead atoms. The minimum atomic E-state index is -3.17. The van der Waals surface area contributed by atoms with E-state index in [9.17, 15) is 18.0 Å². The standard InChI is InChI=1S/C25H40N4O5S/c1-4-26(21(2)19-22-7-9-23(10-8-22)35(3,32)33)11-5-6-12-27-13-14-29(20-24(27)30)25(31)28-15-17-34-18-16-28/h7-10,21H,4-6,11-20H2,1-3H3. The van der Waals surface area contributed by atoms with Gasteiger partial charge in [0.2, 0.25) is 5.91 Å². The molecule has 0 spiro atoms. The third kappa shape index (κ3) is 7.91. The first-order valence-electron chi connectivity index (χ1n) is 12.6. The number of urea groups is 1. The summed E-state index contributed by atoms with van der Waals surface area (Å²) in [5, 5.41) is 0. The van der Waals surface area contributed by atoms with Gasteiger partial charge in [-0.1, -0.05) is 19.1 Å². The Morgan fingerprint density at radius 3 is 2.34 bits per heavy atom. The van der Waals surface area contributed by atoms with Gasteiger partial charge in [0.25, 0.3) is 0 Å². The van der Waals surface area contributed by atoms with E-state index in [0.29, 0.717) is 50.3 Å². The number of piperazine rings is 1. The van der Waals surface area contributed by atoms with Crippen molar-refractivity contribution in [2.24, 2.45) is 0 Å². The van der Waals surface area contributed by atoms with Gasteiger partial charge in [0.1, 0.15) is 6.54 Å². The summed E-state index contributed by atoms with van der Waals surface area (Å²) < 4.78 is 28.6. The first-order valence-corrected chi connectivity index (χ1v) is 14.5. The van der Waals surface area contributed by atoms with Crippen molar-refractivity contribution in [2.75, 3.05) is 71.8 Å². The second kappa shape index (κ2) is 12.7. The Morgan fingerprint density at radius 1 is 1.06 bits per heavy atom. The lowest BCUT2D eigenvalue weighted by Crippen LogP contribution is -2.57. The number of unbranched alkanes of at least 4 members (excludes halogenated alkanes) is 1. The largest absolute Gasteiger partial charge is 0.378 e. The van der Waals surface area contributed by atoms with E-state index >= 15 is 0 Å². The number of amides is 3. The number of carbonyl (C=O) groups excluding carboxylic acids is 2. The van der Waals surface area contributed by atoms with Crippen LogP contribution in [0.15, 0.2) is 29.2 Å². The van der Waals surface area contributed by atoms with E-state index in [4.69, 9.17) is 4.74 Å². The van der Waals surface area contributed by atoms with Gasteiger partial charge in [-0.2, -0.15) is 0 Å². The molecule has 2 aliphatic heterocycles. The fourth-order valence-corrected chi connectivity index (χ4v) is 5.34. The Balaban J connectivity index is 1.38. The first-order chi connectivity index (χ1) is 16.7. The molecule has 2 aliphatic rings. The van der Waals surface area contributed by atoms with Gasteiger partial charge in [-0.15, -0.1) is 0 Å². The lowest BCUT2D eigenvalue weighted by molar-refractivity contribution is -0.135. The van der Waals surface area contributed by atoms with Crippen LogP contribution in [0.3, 0.4) is 0 Å². The molecule has 35 heavy (non-hydrogen) atoms. The van der Waals surface area contributed by atoms with Gasteiger partial charge in [0.05, 0.1) is 18.1 Å². The van der Waals surface area contributed by atoms with Gasteiger partial charge in [-0.25, -0.2) is 13.2 Å². The first kappa shape index (κ1) is 27.4. The maximum absolute atomic E-state index is 12.6.